The Kier molecular flexibility index (Phi) is 5.16. The molecule has 2 heteroatoms. The molecule has 38 heavy (non-hydrogen) atoms. The van der Waals surface area contributed by atoms with Crippen LogP contribution in [-0.4, -0.2) is 4.98 Å². The molecular formula is C36H28N2. The fraction of sp³-hybridized carbons (Fsp3) is 0.0833. The van der Waals surface area contributed by atoms with Crippen LogP contribution in [0.3, 0.4) is 0 Å². The molecule has 0 amide bonds. The monoisotopic (exact) mass is 488 g/mol. The van der Waals surface area contributed by atoms with Crippen molar-refractivity contribution in [1.29, 1.82) is 0 Å². The van der Waals surface area contributed by atoms with Crippen LogP contribution < -0.4 is 4.90 Å². The van der Waals surface area contributed by atoms with Crippen LogP contribution >= 0.6 is 0 Å². The third kappa shape index (κ3) is 3.53. The molecule has 5 aromatic carbocycles. The van der Waals surface area contributed by atoms with Gasteiger partial charge in [-0.25, -0.2) is 0 Å². The topological polar surface area (TPSA) is 16.1 Å². The highest BCUT2D eigenvalue weighted by molar-refractivity contribution is 5.98. The van der Waals surface area contributed by atoms with Gasteiger partial charge < -0.3 is 4.90 Å². The van der Waals surface area contributed by atoms with Crippen molar-refractivity contribution in [2.45, 2.75) is 19.3 Å². The standard InChI is InChI=1S/C36H28N2/c1-36(2)34-24-30(17-19-32(34)33-18-14-27-10-6-7-11-31(27)35(33)36)38(29-20-22-37-23-21-29)28-15-12-26(13-16-28)25-8-4-3-5-9-25/h3-24H,1-2H3. The van der Waals surface area contributed by atoms with Gasteiger partial charge in [0, 0.05) is 34.9 Å². The van der Waals surface area contributed by atoms with Gasteiger partial charge in [-0.3, -0.25) is 4.98 Å². The molecule has 1 aliphatic carbocycles. The Balaban J connectivity index is 1.36. The van der Waals surface area contributed by atoms with Gasteiger partial charge in [-0.2, -0.15) is 0 Å². The lowest BCUT2D eigenvalue weighted by atomic mass is 9.80. The molecule has 1 aromatic heterocycles. The van der Waals surface area contributed by atoms with Crippen LogP contribution in [0.2, 0.25) is 0 Å². The fourth-order valence-electron chi connectivity index (χ4n) is 6.10. The van der Waals surface area contributed by atoms with Gasteiger partial charge in [0.05, 0.1) is 0 Å². The lowest BCUT2D eigenvalue weighted by Gasteiger charge is -2.28. The normalized spacial score (nSPS) is 13.2. The zero-order chi connectivity index (χ0) is 25.7. The van der Waals surface area contributed by atoms with Gasteiger partial charge in [-0.1, -0.05) is 98.8 Å². The van der Waals surface area contributed by atoms with Crippen molar-refractivity contribution < 1.29 is 0 Å². The quantitative estimate of drug-likeness (QED) is 0.245. The molecule has 1 aliphatic rings. The maximum absolute atomic E-state index is 4.28. The van der Waals surface area contributed by atoms with Crippen LogP contribution in [0.1, 0.15) is 25.0 Å². The van der Waals surface area contributed by atoms with E-state index >= 15 is 0 Å². The lowest BCUT2D eigenvalue weighted by molar-refractivity contribution is 0.666. The Morgan fingerprint density at radius 3 is 1.97 bits per heavy atom. The first-order valence-electron chi connectivity index (χ1n) is 13.1. The Morgan fingerprint density at radius 2 is 1.18 bits per heavy atom. The summed E-state index contributed by atoms with van der Waals surface area (Å²) in [6.07, 6.45) is 3.72. The first kappa shape index (κ1) is 22.5. The fourth-order valence-corrected chi connectivity index (χ4v) is 6.10. The second kappa shape index (κ2) is 8.71. The number of anilines is 3. The molecule has 0 spiro atoms. The van der Waals surface area contributed by atoms with Crippen LogP contribution in [0.15, 0.2) is 134 Å². The van der Waals surface area contributed by atoms with Gasteiger partial charge in [0.1, 0.15) is 0 Å². The molecule has 0 atom stereocenters. The number of aromatic nitrogens is 1. The average Bonchev–Trinajstić information content (AvgIpc) is 3.21. The van der Waals surface area contributed by atoms with E-state index < -0.39 is 0 Å². The summed E-state index contributed by atoms with van der Waals surface area (Å²) in [7, 11) is 0. The Labute approximate surface area is 223 Å². The molecule has 0 radical (unpaired) electrons. The summed E-state index contributed by atoms with van der Waals surface area (Å²) in [4.78, 5) is 6.61. The van der Waals surface area contributed by atoms with E-state index in [-0.39, 0.29) is 5.41 Å². The van der Waals surface area contributed by atoms with Crippen molar-refractivity contribution in [2.75, 3.05) is 4.90 Å². The number of rotatable bonds is 4. The minimum Gasteiger partial charge on any atom is -0.310 e. The Morgan fingerprint density at radius 1 is 0.553 bits per heavy atom. The maximum atomic E-state index is 4.28. The van der Waals surface area contributed by atoms with Gasteiger partial charge in [0.2, 0.25) is 0 Å². The molecule has 0 N–H and O–H groups in total. The summed E-state index contributed by atoms with van der Waals surface area (Å²) >= 11 is 0. The maximum Gasteiger partial charge on any atom is 0.0492 e. The number of fused-ring (bicyclic) bond motifs is 5. The van der Waals surface area contributed by atoms with Crippen molar-refractivity contribution in [2.24, 2.45) is 0 Å². The Hall–Kier alpha value is -4.69. The molecule has 6 aromatic rings. The molecular weight excluding hydrogens is 460 g/mol. The predicted octanol–water partition coefficient (Wildman–Crippen LogP) is 9.68. The second-order valence-electron chi connectivity index (χ2n) is 10.5. The third-order valence-corrected chi connectivity index (χ3v) is 7.93. The smallest absolute Gasteiger partial charge is 0.0492 e. The van der Waals surface area contributed by atoms with Gasteiger partial charge in [0.15, 0.2) is 0 Å². The van der Waals surface area contributed by atoms with E-state index in [9.17, 15) is 0 Å². The van der Waals surface area contributed by atoms with Crippen LogP contribution in [0.5, 0.6) is 0 Å². The van der Waals surface area contributed by atoms with Crippen molar-refractivity contribution in [3.63, 3.8) is 0 Å². The zero-order valence-electron chi connectivity index (χ0n) is 21.6. The summed E-state index contributed by atoms with van der Waals surface area (Å²) in [6, 6.07) is 43.8. The molecule has 0 saturated carbocycles. The van der Waals surface area contributed by atoms with Gasteiger partial charge in [-0.15, -0.1) is 0 Å². The minimum absolute atomic E-state index is 0.109. The van der Waals surface area contributed by atoms with E-state index in [2.05, 4.69) is 145 Å². The second-order valence-corrected chi connectivity index (χ2v) is 10.5. The van der Waals surface area contributed by atoms with Crippen molar-refractivity contribution in [1.82, 2.24) is 4.98 Å². The number of hydrogen-bond acceptors (Lipinski definition) is 2. The molecule has 0 saturated heterocycles. The molecule has 182 valence electrons. The van der Waals surface area contributed by atoms with Gasteiger partial charge >= 0.3 is 0 Å². The van der Waals surface area contributed by atoms with Crippen LogP contribution in [-0.2, 0) is 5.41 Å². The number of benzene rings is 5. The molecule has 0 unspecified atom stereocenters. The largest absolute Gasteiger partial charge is 0.310 e. The summed E-state index contributed by atoms with van der Waals surface area (Å²) in [6.45, 7) is 4.72. The van der Waals surface area contributed by atoms with Crippen LogP contribution in [0, 0.1) is 0 Å². The van der Waals surface area contributed by atoms with Gasteiger partial charge in [0.25, 0.3) is 0 Å². The molecule has 0 fully saturated rings. The van der Waals surface area contributed by atoms with Gasteiger partial charge in [-0.05, 0) is 80.6 Å². The average molecular weight is 489 g/mol. The van der Waals surface area contributed by atoms with Crippen molar-refractivity contribution >= 4 is 27.8 Å². The SMILES string of the molecule is CC1(C)c2cc(N(c3ccncc3)c3ccc(-c4ccccc4)cc3)ccc2-c2ccc3ccccc3c21. The van der Waals surface area contributed by atoms with E-state index in [4.69, 9.17) is 0 Å². The molecule has 2 nitrogen and oxygen atoms in total. The minimum atomic E-state index is -0.109. The summed E-state index contributed by atoms with van der Waals surface area (Å²) in [5.74, 6) is 0. The highest BCUT2D eigenvalue weighted by Crippen LogP contribution is 2.52. The molecule has 0 bridgehead atoms. The number of hydrogen-bond donors (Lipinski definition) is 0. The Bertz CT molecular complexity index is 1770. The van der Waals surface area contributed by atoms with E-state index in [0.717, 1.165) is 17.1 Å². The third-order valence-electron chi connectivity index (χ3n) is 7.93. The zero-order valence-corrected chi connectivity index (χ0v) is 21.6. The number of nitrogens with zero attached hydrogens (tertiary/aromatic N) is 2. The lowest BCUT2D eigenvalue weighted by Crippen LogP contribution is -2.17. The molecule has 1 heterocycles. The van der Waals surface area contributed by atoms with Crippen molar-refractivity contribution in [3.05, 3.63) is 145 Å². The van der Waals surface area contributed by atoms with Crippen LogP contribution in [0.25, 0.3) is 33.0 Å². The first-order valence-corrected chi connectivity index (χ1v) is 13.1. The summed E-state index contributed by atoms with van der Waals surface area (Å²) in [5, 5.41) is 2.64. The highest BCUT2D eigenvalue weighted by Gasteiger charge is 2.37. The summed E-state index contributed by atoms with van der Waals surface area (Å²) in [5.41, 5.74) is 11.1. The van der Waals surface area contributed by atoms with E-state index in [1.807, 2.05) is 12.4 Å². The van der Waals surface area contributed by atoms with E-state index in [0.29, 0.717) is 0 Å². The molecule has 7 rings (SSSR count). The van der Waals surface area contributed by atoms with E-state index in [1.54, 1.807) is 0 Å². The number of pyridine rings is 1. The summed E-state index contributed by atoms with van der Waals surface area (Å²) < 4.78 is 0. The van der Waals surface area contributed by atoms with Crippen molar-refractivity contribution in [3.8, 4) is 22.3 Å². The first-order chi connectivity index (χ1) is 18.6. The van der Waals surface area contributed by atoms with E-state index in [1.165, 1.54) is 44.2 Å². The van der Waals surface area contributed by atoms with Crippen LogP contribution in [0.4, 0.5) is 17.1 Å². The predicted molar refractivity (Wildman–Crippen MR) is 159 cm³/mol. The highest BCUT2D eigenvalue weighted by atomic mass is 15.1. The molecule has 0 aliphatic heterocycles.